The van der Waals surface area contributed by atoms with Crippen LogP contribution in [0.1, 0.15) is 51.4 Å². The number of rotatable bonds is 6. The predicted octanol–water partition coefficient (Wildman–Crippen LogP) is 2.69. The standard InChI is InChI=1S/C15H26N2O2/c18-15(19)16-13-5-7-14(8-6-13)17(9-11-1-2-11)10-12-3-4-12/h11-14,16H,1-10H2,(H,18,19)/t13-,14-. The van der Waals surface area contributed by atoms with Crippen molar-refractivity contribution in [3.8, 4) is 0 Å². The van der Waals surface area contributed by atoms with E-state index in [2.05, 4.69) is 10.2 Å². The summed E-state index contributed by atoms with van der Waals surface area (Å²) in [6.45, 7) is 2.61. The Morgan fingerprint density at radius 1 is 0.947 bits per heavy atom. The van der Waals surface area contributed by atoms with Crippen molar-refractivity contribution in [2.24, 2.45) is 11.8 Å². The van der Waals surface area contributed by atoms with Crippen LogP contribution < -0.4 is 5.32 Å². The van der Waals surface area contributed by atoms with Crippen LogP contribution in [-0.2, 0) is 0 Å². The van der Waals surface area contributed by atoms with Gasteiger partial charge in [0.15, 0.2) is 0 Å². The highest BCUT2D eigenvalue weighted by Gasteiger charge is 2.34. The van der Waals surface area contributed by atoms with E-state index >= 15 is 0 Å². The molecule has 3 aliphatic carbocycles. The smallest absolute Gasteiger partial charge is 0.404 e. The van der Waals surface area contributed by atoms with Gasteiger partial charge in [-0.2, -0.15) is 0 Å². The van der Waals surface area contributed by atoms with Gasteiger partial charge in [0.25, 0.3) is 0 Å². The van der Waals surface area contributed by atoms with E-state index in [1.807, 2.05) is 0 Å². The Labute approximate surface area is 115 Å². The zero-order chi connectivity index (χ0) is 13.2. The van der Waals surface area contributed by atoms with Gasteiger partial charge in [0, 0.05) is 25.2 Å². The van der Waals surface area contributed by atoms with E-state index in [0.717, 1.165) is 24.7 Å². The molecule has 4 nitrogen and oxygen atoms in total. The van der Waals surface area contributed by atoms with Crippen LogP contribution in [0.5, 0.6) is 0 Å². The highest BCUT2D eigenvalue weighted by molar-refractivity contribution is 5.64. The number of carbonyl (C=O) groups is 1. The van der Waals surface area contributed by atoms with Gasteiger partial charge in [-0.25, -0.2) is 4.79 Å². The summed E-state index contributed by atoms with van der Waals surface area (Å²) >= 11 is 0. The van der Waals surface area contributed by atoms with Crippen molar-refractivity contribution in [1.29, 1.82) is 0 Å². The summed E-state index contributed by atoms with van der Waals surface area (Å²) in [6, 6.07) is 0.908. The molecule has 0 spiro atoms. The van der Waals surface area contributed by atoms with Crippen molar-refractivity contribution in [2.45, 2.75) is 63.5 Å². The third-order valence-electron chi connectivity index (χ3n) is 4.92. The molecular weight excluding hydrogens is 240 g/mol. The Morgan fingerprint density at radius 2 is 1.47 bits per heavy atom. The SMILES string of the molecule is O=C(O)N[C@H]1CC[C@H](N(CC2CC2)CC2CC2)CC1. The van der Waals surface area contributed by atoms with Gasteiger partial charge in [-0.1, -0.05) is 0 Å². The topological polar surface area (TPSA) is 52.6 Å². The average Bonchev–Trinajstić information content (AvgIpc) is 3.23. The summed E-state index contributed by atoms with van der Waals surface area (Å²) in [4.78, 5) is 13.4. The highest BCUT2D eigenvalue weighted by atomic mass is 16.4. The minimum absolute atomic E-state index is 0.192. The molecule has 0 bridgehead atoms. The van der Waals surface area contributed by atoms with Crippen molar-refractivity contribution >= 4 is 6.09 Å². The van der Waals surface area contributed by atoms with Crippen LogP contribution in [0.25, 0.3) is 0 Å². The first-order valence-electron chi connectivity index (χ1n) is 7.94. The van der Waals surface area contributed by atoms with Gasteiger partial charge < -0.3 is 10.4 Å². The first-order chi connectivity index (χ1) is 9.20. The molecule has 0 aromatic rings. The maximum Gasteiger partial charge on any atom is 0.404 e. The molecule has 3 aliphatic rings. The molecule has 19 heavy (non-hydrogen) atoms. The van der Waals surface area contributed by atoms with Crippen molar-refractivity contribution in [1.82, 2.24) is 10.2 Å². The first-order valence-corrected chi connectivity index (χ1v) is 7.94. The molecule has 0 unspecified atom stereocenters. The van der Waals surface area contributed by atoms with Gasteiger partial charge in [-0.3, -0.25) is 4.90 Å². The fraction of sp³-hybridized carbons (Fsp3) is 0.933. The maximum absolute atomic E-state index is 10.7. The maximum atomic E-state index is 10.7. The Hall–Kier alpha value is -0.770. The number of nitrogens with zero attached hydrogens (tertiary/aromatic N) is 1. The second kappa shape index (κ2) is 5.70. The van der Waals surface area contributed by atoms with E-state index < -0.39 is 6.09 Å². The van der Waals surface area contributed by atoms with Crippen LogP contribution in [0.2, 0.25) is 0 Å². The molecule has 0 atom stereocenters. The van der Waals surface area contributed by atoms with Crippen molar-refractivity contribution in [2.75, 3.05) is 13.1 Å². The van der Waals surface area contributed by atoms with Gasteiger partial charge in [-0.15, -0.1) is 0 Å². The Morgan fingerprint density at radius 3 is 1.89 bits per heavy atom. The third kappa shape index (κ3) is 4.10. The van der Waals surface area contributed by atoms with Gasteiger partial charge in [-0.05, 0) is 63.2 Å². The molecule has 108 valence electrons. The molecule has 0 aromatic carbocycles. The molecule has 3 saturated carbocycles. The van der Waals surface area contributed by atoms with E-state index in [1.165, 1.54) is 51.6 Å². The van der Waals surface area contributed by atoms with Gasteiger partial charge in [0.2, 0.25) is 0 Å². The number of carboxylic acid groups (broad SMARTS) is 1. The fourth-order valence-electron chi connectivity index (χ4n) is 3.40. The normalized spacial score (nSPS) is 31.4. The minimum atomic E-state index is -0.865. The van der Waals surface area contributed by atoms with Gasteiger partial charge >= 0.3 is 6.09 Å². The van der Waals surface area contributed by atoms with E-state index in [0.29, 0.717) is 6.04 Å². The lowest BCUT2D eigenvalue weighted by atomic mass is 9.90. The lowest BCUT2D eigenvalue weighted by Crippen LogP contribution is -2.45. The summed E-state index contributed by atoms with van der Waals surface area (Å²) in [5, 5.41) is 11.4. The number of nitrogens with one attached hydrogen (secondary N) is 1. The first kappa shape index (κ1) is 13.2. The summed E-state index contributed by atoms with van der Waals surface area (Å²) in [7, 11) is 0. The van der Waals surface area contributed by atoms with Gasteiger partial charge in [0.05, 0.1) is 0 Å². The minimum Gasteiger partial charge on any atom is -0.465 e. The van der Waals surface area contributed by atoms with E-state index in [-0.39, 0.29) is 6.04 Å². The Balaban J connectivity index is 1.47. The van der Waals surface area contributed by atoms with Crippen LogP contribution in [0.3, 0.4) is 0 Å². The van der Waals surface area contributed by atoms with Crippen LogP contribution in [0, 0.1) is 11.8 Å². The molecular formula is C15H26N2O2. The zero-order valence-electron chi connectivity index (χ0n) is 11.7. The second-order valence-corrected chi connectivity index (χ2v) is 6.80. The van der Waals surface area contributed by atoms with Crippen LogP contribution in [0.15, 0.2) is 0 Å². The third-order valence-corrected chi connectivity index (χ3v) is 4.92. The molecule has 1 amide bonds. The zero-order valence-corrected chi connectivity index (χ0v) is 11.7. The molecule has 0 aromatic heterocycles. The van der Waals surface area contributed by atoms with E-state index in [9.17, 15) is 4.79 Å². The lowest BCUT2D eigenvalue weighted by molar-refractivity contribution is 0.129. The Bertz CT molecular complexity index is 304. The van der Waals surface area contributed by atoms with E-state index in [4.69, 9.17) is 5.11 Å². The molecule has 0 radical (unpaired) electrons. The van der Waals surface area contributed by atoms with Crippen LogP contribution in [0.4, 0.5) is 4.79 Å². The molecule has 3 fully saturated rings. The van der Waals surface area contributed by atoms with E-state index in [1.54, 1.807) is 0 Å². The molecule has 3 rings (SSSR count). The number of hydrogen-bond donors (Lipinski definition) is 2. The van der Waals surface area contributed by atoms with Gasteiger partial charge in [0.1, 0.15) is 0 Å². The monoisotopic (exact) mass is 266 g/mol. The highest BCUT2D eigenvalue weighted by Crippen LogP contribution is 2.36. The fourth-order valence-corrected chi connectivity index (χ4v) is 3.40. The lowest BCUT2D eigenvalue weighted by Gasteiger charge is -2.37. The summed E-state index contributed by atoms with van der Waals surface area (Å²) < 4.78 is 0. The molecule has 0 heterocycles. The molecule has 0 aliphatic heterocycles. The average molecular weight is 266 g/mol. The number of amides is 1. The molecule has 4 heteroatoms. The van der Waals surface area contributed by atoms with Crippen molar-refractivity contribution < 1.29 is 9.90 Å². The molecule has 2 N–H and O–H groups in total. The van der Waals surface area contributed by atoms with Crippen LogP contribution >= 0.6 is 0 Å². The predicted molar refractivity (Wildman–Crippen MR) is 74.2 cm³/mol. The quantitative estimate of drug-likeness (QED) is 0.777. The summed E-state index contributed by atoms with van der Waals surface area (Å²) in [5.41, 5.74) is 0. The van der Waals surface area contributed by atoms with Crippen molar-refractivity contribution in [3.05, 3.63) is 0 Å². The van der Waals surface area contributed by atoms with Crippen LogP contribution in [-0.4, -0.2) is 41.3 Å². The largest absolute Gasteiger partial charge is 0.465 e. The van der Waals surface area contributed by atoms with Crippen molar-refractivity contribution in [3.63, 3.8) is 0 Å². The second-order valence-electron chi connectivity index (χ2n) is 6.80. The summed E-state index contributed by atoms with van der Waals surface area (Å²) in [6.07, 6.45) is 9.22. The number of hydrogen-bond acceptors (Lipinski definition) is 2. The summed E-state index contributed by atoms with van der Waals surface area (Å²) in [5.74, 6) is 1.93. The molecule has 0 saturated heterocycles. The Kier molecular flexibility index (Phi) is 3.96.